The van der Waals surface area contributed by atoms with E-state index in [1.54, 1.807) is 36.4 Å². The summed E-state index contributed by atoms with van der Waals surface area (Å²) in [6.07, 6.45) is 0. The third kappa shape index (κ3) is 6.23. The molecule has 0 spiro atoms. The van der Waals surface area contributed by atoms with Gasteiger partial charge in [-0.05, 0) is 60.7 Å². The van der Waals surface area contributed by atoms with E-state index in [1.165, 1.54) is 12.1 Å². The average molecular weight is 473 g/mol. The number of nitrogens with zero attached hydrogens (tertiary/aromatic N) is 3. The van der Waals surface area contributed by atoms with Crippen molar-refractivity contribution in [3.8, 4) is 0 Å². The zero-order valence-corrected chi connectivity index (χ0v) is 17.9. The summed E-state index contributed by atoms with van der Waals surface area (Å²) in [6.45, 7) is -0.461. The molecule has 0 saturated heterocycles. The third-order valence-corrected chi connectivity index (χ3v) is 4.35. The summed E-state index contributed by atoms with van der Waals surface area (Å²) in [6, 6.07) is 13.1. The molecule has 7 N–H and O–H groups in total. The normalized spacial score (nSPS) is 10.7. The number of anilines is 3. The SMILES string of the molecule is Nc1[nH]nc(NC(=S)Nc2ccc(C(=O)NCC(=O)O)cc2)c1N=Nc1ccc(Cl)cc1. The molecule has 3 rings (SSSR count). The van der Waals surface area contributed by atoms with E-state index >= 15 is 0 Å². The van der Waals surface area contributed by atoms with Crippen molar-refractivity contribution in [1.82, 2.24) is 15.5 Å². The summed E-state index contributed by atoms with van der Waals surface area (Å²) >= 11 is 11.1. The molecule has 0 radical (unpaired) electrons. The molecule has 11 nitrogen and oxygen atoms in total. The Labute approximate surface area is 192 Å². The van der Waals surface area contributed by atoms with Crippen LogP contribution in [0.25, 0.3) is 0 Å². The van der Waals surface area contributed by atoms with Crippen LogP contribution in [-0.2, 0) is 4.79 Å². The van der Waals surface area contributed by atoms with Crippen molar-refractivity contribution in [2.24, 2.45) is 10.2 Å². The van der Waals surface area contributed by atoms with Crippen LogP contribution in [0.5, 0.6) is 0 Å². The van der Waals surface area contributed by atoms with Crippen LogP contribution in [0, 0.1) is 0 Å². The molecule has 0 aliphatic rings. The van der Waals surface area contributed by atoms with E-state index in [1.807, 2.05) is 0 Å². The van der Waals surface area contributed by atoms with Crippen LogP contribution in [0.2, 0.25) is 5.02 Å². The van der Waals surface area contributed by atoms with Crippen LogP contribution in [-0.4, -0.2) is 38.8 Å². The summed E-state index contributed by atoms with van der Waals surface area (Å²) in [5, 5.41) is 32.3. The number of H-pyrrole nitrogens is 1. The molecule has 2 aromatic carbocycles. The molecule has 0 unspecified atom stereocenters. The Morgan fingerprint density at radius 2 is 1.78 bits per heavy atom. The predicted molar refractivity (Wildman–Crippen MR) is 125 cm³/mol. The lowest BCUT2D eigenvalue weighted by Crippen LogP contribution is -2.29. The molecule has 0 aliphatic carbocycles. The number of carboxylic acid groups (broad SMARTS) is 1. The minimum Gasteiger partial charge on any atom is -0.480 e. The second-order valence-corrected chi connectivity index (χ2v) is 7.09. The third-order valence-electron chi connectivity index (χ3n) is 3.90. The van der Waals surface area contributed by atoms with E-state index in [0.29, 0.717) is 22.0 Å². The first kappa shape index (κ1) is 22.7. The Kier molecular flexibility index (Phi) is 7.31. The van der Waals surface area contributed by atoms with Gasteiger partial charge in [0.25, 0.3) is 5.91 Å². The quantitative estimate of drug-likeness (QED) is 0.223. The summed E-state index contributed by atoms with van der Waals surface area (Å²) in [5.41, 5.74) is 7.62. The number of hydrogen-bond acceptors (Lipinski definition) is 7. The topological polar surface area (TPSA) is 170 Å². The molecule has 0 bridgehead atoms. The molecule has 1 heterocycles. The number of nitrogens with two attached hydrogens (primary N) is 1. The van der Waals surface area contributed by atoms with Crippen LogP contribution in [0.3, 0.4) is 0 Å². The maximum Gasteiger partial charge on any atom is 0.322 e. The lowest BCUT2D eigenvalue weighted by atomic mass is 10.2. The minimum atomic E-state index is -1.13. The Morgan fingerprint density at radius 3 is 2.44 bits per heavy atom. The zero-order chi connectivity index (χ0) is 23.1. The number of benzene rings is 2. The van der Waals surface area contributed by atoms with E-state index in [9.17, 15) is 9.59 Å². The average Bonchev–Trinajstić information content (AvgIpc) is 3.11. The Morgan fingerprint density at radius 1 is 1.09 bits per heavy atom. The molecule has 13 heteroatoms. The Bertz CT molecular complexity index is 1160. The second-order valence-electron chi connectivity index (χ2n) is 6.24. The van der Waals surface area contributed by atoms with E-state index in [2.05, 4.69) is 36.4 Å². The maximum absolute atomic E-state index is 11.9. The number of halogens is 1. The maximum atomic E-state index is 11.9. The highest BCUT2D eigenvalue weighted by Gasteiger charge is 2.13. The van der Waals surface area contributed by atoms with Gasteiger partial charge in [0, 0.05) is 16.3 Å². The van der Waals surface area contributed by atoms with Crippen molar-refractivity contribution < 1.29 is 14.7 Å². The van der Waals surface area contributed by atoms with E-state index < -0.39 is 18.4 Å². The van der Waals surface area contributed by atoms with E-state index in [4.69, 9.17) is 34.7 Å². The number of aliphatic carboxylic acids is 1. The summed E-state index contributed by atoms with van der Waals surface area (Å²) in [7, 11) is 0. The number of rotatable bonds is 7. The number of hydrogen-bond donors (Lipinski definition) is 6. The molecule has 1 amide bonds. The number of azo groups is 1. The summed E-state index contributed by atoms with van der Waals surface area (Å²) in [4.78, 5) is 22.4. The number of aromatic nitrogens is 2. The van der Waals surface area contributed by atoms with Gasteiger partial charge in [-0.1, -0.05) is 11.6 Å². The number of nitrogen functional groups attached to an aromatic ring is 1. The highest BCUT2D eigenvalue weighted by atomic mass is 35.5. The molecule has 164 valence electrons. The van der Waals surface area contributed by atoms with Crippen molar-refractivity contribution in [2.45, 2.75) is 0 Å². The smallest absolute Gasteiger partial charge is 0.322 e. The van der Waals surface area contributed by atoms with Crippen molar-refractivity contribution in [3.05, 3.63) is 59.1 Å². The van der Waals surface area contributed by atoms with Gasteiger partial charge < -0.3 is 26.8 Å². The lowest BCUT2D eigenvalue weighted by Gasteiger charge is -2.10. The van der Waals surface area contributed by atoms with Crippen molar-refractivity contribution in [2.75, 3.05) is 22.9 Å². The zero-order valence-electron chi connectivity index (χ0n) is 16.3. The van der Waals surface area contributed by atoms with Crippen molar-refractivity contribution >= 4 is 69.5 Å². The monoisotopic (exact) mass is 472 g/mol. The predicted octanol–water partition coefficient (Wildman–Crippen LogP) is 3.68. The highest BCUT2D eigenvalue weighted by Crippen LogP contribution is 2.31. The molecule has 0 saturated carbocycles. The Balaban J connectivity index is 1.62. The summed E-state index contributed by atoms with van der Waals surface area (Å²) < 4.78 is 0. The second kappa shape index (κ2) is 10.3. The molecule has 32 heavy (non-hydrogen) atoms. The van der Waals surface area contributed by atoms with Gasteiger partial charge in [-0.15, -0.1) is 5.11 Å². The van der Waals surface area contributed by atoms with Gasteiger partial charge >= 0.3 is 5.97 Å². The number of thiocarbonyl (C=S) groups is 1. The Hall–Kier alpha value is -4.03. The standard InChI is InChI=1S/C19H17ClN8O3S/c20-11-3-7-13(8-4-11)25-26-15-16(21)27-28-17(15)24-19(32)23-12-5-1-10(2-6-12)18(31)22-9-14(29)30/h1-8H,9H2,(H,22,31)(H,29,30)(H5,21,23,24,27,28,32). The molecule has 0 atom stereocenters. The number of amides is 1. The van der Waals surface area contributed by atoms with Crippen LogP contribution in [0.1, 0.15) is 10.4 Å². The molecule has 3 aromatic rings. The van der Waals surface area contributed by atoms with Crippen LogP contribution >= 0.6 is 23.8 Å². The highest BCUT2D eigenvalue weighted by molar-refractivity contribution is 7.80. The largest absolute Gasteiger partial charge is 0.480 e. The molecule has 0 aliphatic heterocycles. The first-order valence-electron chi connectivity index (χ1n) is 9.01. The molecular weight excluding hydrogens is 456 g/mol. The van der Waals surface area contributed by atoms with E-state index in [-0.39, 0.29) is 22.4 Å². The van der Waals surface area contributed by atoms with Gasteiger partial charge in [-0.25, -0.2) is 0 Å². The fraction of sp³-hybridized carbons (Fsp3) is 0.0526. The fourth-order valence-electron chi connectivity index (χ4n) is 2.39. The number of carbonyl (C=O) groups excluding carboxylic acids is 1. The summed E-state index contributed by atoms with van der Waals surface area (Å²) in [5.74, 6) is -1.16. The van der Waals surface area contributed by atoms with Gasteiger partial charge in [0.15, 0.2) is 16.6 Å². The number of aromatic amines is 1. The number of carbonyl (C=O) groups is 2. The van der Waals surface area contributed by atoms with Crippen LogP contribution in [0.15, 0.2) is 58.8 Å². The molecular formula is C19H17ClN8O3S. The molecule has 1 aromatic heterocycles. The number of carboxylic acids is 1. The lowest BCUT2D eigenvalue weighted by molar-refractivity contribution is -0.135. The van der Waals surface area contributed by atoms with Gasteiger partial charge in [0.1, 0.15) is 12.4 Å². The van der Waals surface area contributed by atoms with Gasteiger partial charge in [0.05, 0.1) is 5.69 Å². The van der Waals surface area contributed by atoms with Gasteiger partial charge in [-0.3, -0.25) is 14.7 Å². The van der Waals surface area contributed by atoms with Crippen molar-refractivity contribution in [1.29, 1.82) is 0 Å². The number of nitrogens with one attached hydrogen (secondary N) is 4. The fourth-order valence-corrected chi connectivity index (χ4v) is 2.73. The van der Waals surface area contributed by atoms with Gasteiger partial charge in [-0.2, -0.15) is 10.2 Å². The van der Waals surface area contributed by atoms with Gasteiger partial charge in [0.2, 0.25) is 0 Å². The van der Waals surface area contributed by atoms with E-state index in [0.717, 1.165) is 0 Å². The minimum absolute atomic E-state index is 0.197. The molecule has 0 fully saturated rings. The van der Waals surface area contributed by atoms with Crippen molar-refractivity contribution in [3.63, 3.8) is 0 Å². The van der Waals surface area contributed by atoms with Crippen LogP contribution in [0.4, 0.5) is 28.7 Å². The first-order valence-corrected chi connectivity index (χ1v) is 9.79. The first-order chi connectivity index (χ1) is 15.3. The van der Waals surface area contributed by atoms with Crippen LogP contribution < -0.4 is 21.7 Å².